The van der Waals surface area contributed by atoms with E-state index in [4.69, 9.17) is 17.0 Å². The predicted octanol–water partition coefficient (Wildman–Crippen LogP) is 3.29. The molecule has 0 aliphatic carbocycles. The van der Waals surface area contributed by atoms with Crippen molar-refractivity contribution in [2.45, 2.75) is 13.0 Å². The lowest BCUT2D eigenvalue weighted by atomic mass is 10.1. The van der Waals surface area contributed by atoms with Gasteiger partial charge < -0.3 is 14.3 Å². The van der Waals surface area contributed by atoms with Crippen molar-refractivity contribution in [3.05, 3.63) is 44.9 Å². The third-order valence-corrected chi connectivity index (χ3v) is 3.70. The van der Waals surface area contributed by atoms with Crippen LogP contribution in [0.25, 0.3) is 0 Å². The molecule has 3 nitrogen and oxygen atoms in total. The van der Waals surface area contributed by atoms with Gasteiger partial charge in [0.1, 0.15) is 5.75 Å². The van der Waals surface area contributed by atoms with E-state index >= 15 is 0 Å². The number of nitrogens with zero attached hydrogens (tertiary/aromatic N) is 1. The first-order valence-corrected chi connectivity index (χ1v) is 6.62. The van der Waals surface area contributed by atoms with Crippen molar-refractivity contribution in [1.82, 2.24) is 9.55 Å². The van der Waals surface area contributed by atoms with Gasteiger partial charge >= 0.3 is 0 Å². The Morgan fingerprint density at radius 3 is 3.12 bits per heavy atom. The van der Waals surface area contributed by atoms with Gasteiger partial charge in [0.2, 0.25) is 0 Å². The Morgan fingerprint density at radius 2 is 2.35 bits per heavy atom. The van der Waals surface area contributed by atoms with Gasteiger partial charge in [-0.2, -0.15) is 0 Å². The first-order valence-electron chi connectivity index (χ1n) is 5.42. The molecule has 88 valence electrons. The first kappa shape index (κ1) is 11.0. The minimum absolute atomic E-state index is 0.733. The average Bonchev–Trinajstić information content (AvgIpc) is 2.88. The Bertz CT molecular complexity index is 617. The second-order valence-corrected chi connectivity index (χ2v) is 5.35. The number of hydrogen-bond acceptors (Lipinski definition) is 2. The number of aromatic nitrogens is 2. The molecular weight excluding hydrogens is 300 g/mol. The molecule has 0 spiro atoms. The molecule has 0 saturated carbocycles. The summed E-state index contributed by atoms with van der Waals surface area (Å²) in [5, 5.41) is 0. The van der Waals surface area contributed by atoms with E-state index in [0.717, 1.165) is 34.6 Å². The number of rotatable bonds is 2. The molecule has 0 saturated heterocycles. The van der Waals surface area contributed by atoms with Crippen LogP contribution < -0.4 is 4.74 Å². The Hall–Kier alpha value is -1.07. The summed E-state index contributed by atoms with van der Waals surface area (Å²) in [6, 6.07) is 4.22. The average molecular weight is 311 g/mol. The Kier molecular flexibility index (Phi) is 2.80. The van der Waals surface area contributed by atoms with Crippen molar-refractivity contribution in [3.8, 4) is 5.75 Å². The third kappa shape index (κ3) is 2.05. The lowest BCUT2D eigenvalue weighted by Gasteiger charge is -2.09. The van der Waals surface area contributed by atoms with Crippen molar-refractivity contribution >= 4 is 28.1 Å². The lowest BCUT2D eigenvalue weighted by Crippen LogP contribution is -2.00. The molecule has 1 aromatic carbocycles. The topological polar surface area (TPSA) is 29.9 Å². The maximum absolute atomic E-state index is 5.69. The van der Waals surface area contributed by atoms with Crippen molar-refractivity contribution < 1.29 is 4.74 Å². The van der Waals surface area contributed by atoms with E-state index < -0.39 is 0 Å². The molecule has 0 amide bonds. The monoisotopic (exact) mass is 310 g/mol. The number of hydrogen-bond donors (Lipinski definition) is 1. The molecular formula is C12H11BrN2OS. The first-order chi connectivity index (χ1) is 8.24. The second kappa shape index (κ2) is 4.31. The van der Waals surface area contributed by atoms with Crippen LogP contribution in [-0.4, -0.2) is 16.2 Å². The maximum atomic E-state index is 5.69. The smallest absolute Gasteiger partial charge is 0.177 e. The van der Waals surface area contributed by atoms with Crippen LogP contribution in [0.2, 0.25) is 0 Å². The van der Waals surface area contributed by atoms with Gasteiger partial charge in [0.05, 0.1) is 13.2 Å². The molecule has 0 bridgehead atoms. The fourth-order valence-electron chi connectivity index (χ4n) is 2.12. The SMILES string of the molecule is S=c1[nH]ccn1Cc1cc(Br)cc2c1OCC2. The van der Waals surface area contributed by atoms with Gasteiger partial charge in [0.25, 0.3) is 0 Å². The number of ether oxygens (including phenoxy) is 1. The van der Waals surface area contributed by atoms with Crippen molar-refractivity contribution in [2.24, 2.45) is 0 Å². The Morgan fingerprint density at radius 1 is 1.47 bits per heavy atom. The van der Waals surface area contributed by atoms with Crippen LogP contribution in [0.5, 0.6) is 5.75 Å². The summed E-state index contributed by atoms with van der Waals surface area (Å²) in [5.41, 5.74) is 2.44. The maximum Gasteiger partial charge on any atom is 0.177 e. The van der Waals surface area contributed by atoms with E-state index in [1.54, 1.807) is 0 Å². The fourth-order valence-corrected chi connectivity index (χ4v) is 2.87. The van der Waals surface area contributed by atoms with E-state index in [0.29, 0.717) is 0 Å². The highest BCUT2D eigenvalue weighted by molar-refractivity contribution is 9.10. The zero-order chi connectivity index (χ0) is 11.8. The molecule has 3 rings (SSSR count). The number of benzene rings is 1. The standard InChI is InChI=1S/C12H11BrN2OS/c13-10-5-8-1-4-16-11(8)9(6-10)7-15-3-2-14-12(15)17/h2-3,5-6H,1,4,7H2,(H,14,17). The summed E-state index contributed by atoms with van der Waals surface area (Å²) in [6.45, 7) is 1.52. The van der Waals surface area contributed by atoms with Crippen molar-refractivity contribution in [3.63, 3.8) is 0 Å². The van der Waals surface area contributed by atoms with Crippen molar-refractivity contribution in [1.29, 1.82) is 0 Å². The summed E-state index contributed by atoms with van der Waals surface area (Å²) in [6.07, 6.45) is 4.78. The molecule has 1 aliphatic heterocycles. The predicted molar refractivity (Wildman–Crippen MR) is 72.1 cm³/mol. The minimum Gasteiger partial charge on any atom is -0.493 e. The highest BCUT2D eigenvalue weighted by Gasteiger charge is 2.17. The molecule has 0 fully saturated rings. The van der Waals surface area contributed by atoms with Gasteiger partial charge in [-0.1, -0.05) is 15.9 Å². The largest absolute Gasteiger partial charge is 0.493 e. The van der Waals surface area contributed by atoms with Crippen LogP contribution in [0.15, 0.2) is 29.0 Å². The van der Waals surface area contributed by atoms with Gasteiger partial charge in [0, 0.05) is 28.9 Å². The quantitative estimate of drug-likeness (QED) is 0.863. The molecule has 1 N–H and O–H groups in total. The van der Waals surface area contributed by atoms with Crippen LogP contribution in [0.3, 0.4) is 0 Å². The normalized spacial score (nSPS) is 13.5. The van der Waals surface area contributed by atoms with Gasteiger partial charge in [0.15, 0.2) is 4.77 Å². The second-order valence-electron chi connectivity index (χ2n) is 4.04. The van der Waals surface area contributed by atoms with Crippen LogP contribution in [0.4, 0.5) is 0 Å². The fraction of sp³-hybridized carbons (Fsp3) is 0.250. The van der Waals surface area contributed by atoms with E-state index in [2.05, 4.69) is 33.0 Å². The Labute approximate surface area is 113 Å². The number of aromatic amines is 1. The van der Waals surface area contributed by atoms with E-state index in [9.17, 15) is 0 Å². The summed E-state index contributed by atoms with van der Waals surface area (Å²) in [5.74, 6) is 1.02. The highest BCUT2D eigenvalue weighted by Crippen LogP contribution is 2.33. The number of imidazole rings is 1. The molecule has 0 atom stereocenters. The van der Waals surface area contributed by atoms with E-state index in [-0.39, 0.29) is 0 Å². The molecule has 2 aromatic rings. The molecule has 2 heterocycles. The lowest BCUT2D eigenvalue weighted by molar-refractivity contribution is 0.352. The van der Waals surface area contributed by atoms with Crippen molar-refractivity contribution in [2.75, 3.05) is 6.61 Å². The number of H-pyrrole nitrogens is 1. The van der Waals surface area contributed by atoms with Crippen LogP contribution in [-0.2, 0) is 13.0 Å². The molecule has 1 aliphatic rings. The number of nitrogens with one attached hydrogen (secondary N) is 1. The zero-order valence-electron chi connectivity index (χ0n) is 9.07. The van der Waals surface area contributed by atoms with E-state index in [1.807, 2.05) is 17.0 Å². The van der Waals surface area contributed by atoms with Crippen LogP contribution in [0, 0.1) is 4.77 Å². The molecule has 0 radical (unpaired) electrons. The Balaban J connectivity index is 2.04. The summed E-state index contributed by atoms with van der Waals surface area (Å²) < 4.78 is 9.52. The highest BCUT2D eigenvalue weighted by atomic mass is 79.9. The van der Waals surface area contributed by atoms with Crippen LogP contribution in [0.1, 0.15) is 11.1 Å². The zero-order valence-corrected chi connectivity index (χ0v) is 11.5. The molecule has 5 heteroatoms. The number of halogens is 1. The molecule has 0 unspecified atom stereocenters. The number of fused-ring (bicyclic) bond motifs is 1. The van der Waals surface area contributed by atoms with E-state index in [1.165, 1.54) is 11.1 Å². The summed E-state index contributed by atoms with van der Waals surface area (Å²) in [4.78, 5) is 3.00. The van der Waals surface area contributed by atoms with Gasteiger partial charge in [-0.15, -0.1) is 0 Å². The molecule has 17 heavy (non-hydrogen) atoms. The van der Waals surface area contributed by atoms with Gasteiger partial charge in [-0.05, 0) is 29.9 Å². The van der Waals surface area contributed by atoms with Gasteiger partial charge in [-0.25, -0.2) is 0 Å². The van der Waals surface area contributed by atoms with Gasteiger partial charge in [-0.3, -0.25) is 0 Å². The summed E-state index contributed by atoms with van der Waals surface area (Å²) >= 11 is 8.74. The molecule has 1 aromatic heterocycles. The third-order valence-electron chi connectivity index (χ3n) is 2.89. The van der Waals surface area contributed by atoms with Crippen LogP contribution >= 0.6 is 28.1 Å². The summed E-state index contributed by atoms with van der Waals surface area (Å²) in [7, 11) is 0. The minimum atomic E-state index is 0.733.